The van der Waals surface area contributed by atoms with E-state index in [2.05, 4.69) is 47.5 Å². The molecular weight excluding hydrogens is 268 g/mol. The molecule has 1 aromatic carbocycles. The summed E-state index contributed by atoms with van der Waals surface area (Å²) in [5.74, 6) is 0.847. The first-order valence-corrected chi connectivity index (χ1v) is 9.41. The minimum atomic E-state index is 0.675. The Balaban J connectivity index is 1.64. The molecule has 1 saturated carbocycles. The Kier molecular flexibility index (Phi) is 5.77. The highest BCUT2D eigenvalue weighted by atomic mass is 15.2. The highest BCUT2D eigenvalue weighted by Crippen LogP contribution is 2.27. The molecule has 1 aliphatic carbocycles. The van der Waals surface area contributed by atoms with E-state index in [0.29, 0.717) is 6.04 Å². The summed E-state index contributed by atoms with van der Waals surface area (Å²) in [5, 5.41) is 4.00. The second-order valence-corrected chi connectivity index (χ2v) is 7.33. The largest absolute Gasteiger partial charge is 0.370 e. The van der Waals surface area contributed by atoms with Gasteiger partial charge in [-0.1, -0.05) is 50.8 Å². The molecule has 2 aliphatic rings. The first-order valence-electron chi connectivity index (χ1n) is 9.41. The Morgan fingerprint density at radius 1 is 1.00 bits per heavy atom. The Hall–Kier alpha value is -1.02. The van der Waals surface area contributed by atoms with Gasteiger partial charge in [0.05, 0.1) is 0 Å². The van der Waals surface area contributed by atoms with Crippen molar-refractivity contribution in [3.8, 4) is 0 Å². The number of para-hydroxylation sites is 1. The van der Waals surface area contributed by atoms with Crippen LogP contribution < -0.4 is 10.2 Å². The van der Waals surface area contributed by atoms with Crippen molar-refractivity contribution < 1.29 is 0 Å². The second kappa shape index (κ2) is 8.01. The Bertz CT molecular complexity index is 425. The molecule has 3 rings (SSSR count). The van der Waals surface area contributed by atoms with Gasteiger partial charge in [-0.15, -0.1) is 0 Å². The third kappa shape index (κ3) is 4.25. The fourth-order valence-corrected chi connectivity index (χ4v) is 4.39. The van der Waals surface area contributed by atoms with Crippen LogP contribution in [0.25, 0.3) is 0 Å². The van der Waals surface area contributed by atoms with E-state index < -0.39 is 0 Å². The van der Waals surface area contributed by atoms with Gasteiger partial charge in [0, 0.05) is 30.9 Å². The number of piperidine rings is 1. The summed E-state index contributed by atoms with van der Waals surface area (Å²) in [5.41, 5.74) is 1.40. The van der Waals surface area contributed by atoms with Crippen LogP contribution in [-0.4, -0.2) is 25.2 Å². The fourth-order valence-electron chi connectivity index (χ4n) is 4.39. The standard InChI is InChI=1S/C20H32N2/c1-2-9-17-14-19(21-18-10-5-3-6-11-18)16-22(15-17)20-12-7-4-8-13-20/h4,7-8,12-13,17-19,21H,2-3,5-6,9-11,14-16H2,1H3. The molecule has 22 heavy (non-hydrogen) atoms. The molecule has 0 aromatic heterocycles. The van der Waals surface area contributed by atoms with Gasteiger partial charge in [0.15, 0.2) is 0 Å². The molecule has 2 nitrogen and oxygen atoms in total. The van der Waals surface area contributed by atoms with E-state index in [1.54, 1.807) is 0 Å². The Morgan fingerprint density at radius 2 is 1.77 bits per heavy atom. The minimum Gasteiger partial charge on any atom is -0.370 e. The summed E-state index contributed by atoms with van der Waals surface area (Å²) in [7, 11) is 0. The van der Waals surface area contributed by atoms with Gasteiger partial charge in [0.25, 0.3) is 0 Å². The number of nitrogens with one attached hydrogen (secondary N) is 1. The summed E-state index contributed by atoms with van der Waals surface area (Å²) < 4.78 is 0. The predicted molar refractivity (Wildman–Crippen MR) is 95.5 cm³/mol. The van der Waals surface area contributed by atoms with E-state index in [1.165, 1.54) is 70.1 Å². The molecule has 0 amide bonds. The zero-order chi connectivity index (χ0) is 15.2. The van der Waals surface area contributed by atoms with E-state index >= 15 is 0 Å². The number of rotatable bonds is 5. The average molecular weight is 300 g/mol. The third-order valence-electron chi connectivity index (χ3n) is 5.43. The molecule has 1 aliphatic heterocycles. The number of hydrogen-bond acceptors (Lipinski definition) is 2. The minimum absolute atomic E-state index is 0.675. The van der Waals surface area contributed by atoms with Crippen LogP contribution in [0.4, 0.5) is 5.69 Å². The van der Waals surface area contributed by atoms with Crippen LogP contribution in [-0.2, 0) is 0 Å². The van der Waals surface area contributed by atoms with Crippen molar-refractivity contribution >= 4 is 5.69 Å². The maximum absolute atomic E-state index is 4.00. The quantitative estimate of drug-likeness (QED) is 0.854. The second-order valence-electron chi connectivity index (χ2n) is 7.33. The van der Waals surface area contributed by atoms with Gasteiger partial charge < -0.3 is 10.2 Å². The van der Waals surface area contributed by atoms with Crippen molar-refractivity contribution in [2.45, 2.75) is 70.4 Å². The molecule has 0 bridgehead atoms. The smallest absolute Gasteiger partial charge is 0.0366 e. The number of hydrogen-bond donors (Lipinski definition) is 1. The molecule has 0 radical (unpaired) electrons. The highest BCUT2D eigenvalue weighted by Gasteiger charge is 2.28. The summed E-state index contributed by atoms with van der Waals surface area (Å²) in [4.78, 5) is 2.62. The normalized spacial score (nSPS) is 27.0. The SMILES string of the molecule is CCCC1CC(NC2CCCCC2)CN(c2ccccc2)C1. The topological polar surface area (TPSA) is 15.3 Å². The molecule has 2 atom stereocenters. The van der Waals surface area contributed by atoms with Gasteiger partial charge in [-0.05, 0) is 43.7 Å². The van der Waals surface area contributed by atoms with Crippen LogP contribution in [0.3, 0.4) is 0 Å². The molecule has 1 aromatic rings. The van der Waals surface area contributed by atoms with Gasteiger partial charge in [0.1, 0.15) is 0 Å². The first-order chi connectivity index (χ1) is 10.8. The van der Waals surface area contributed by atoms with Gasteiger partial charge >= 0.3 is 0 Å². The number of anilines is 1. The van der Waals surface area contributed by atoms with E-state index in [1.807, 2.05) is 0 Å². The van der Waals surface area contributed by atoms with Gasteiger partial charge in [-0.2, -0.15) is 0 Å². The van der Waals surface area contributed by atoms with Crippen LogP contribution in [0.1, 0.15) is 58.3 Å². The third-order valence-corrected chi connectivity index (χ3v) is 5.43. The zero-order valence-electron chi connectivity index (χ0n) is 14.1. The van der Waals surface area contributed by atoms with Crippen LogP contribution in [0.5, 0.6) is 0 Å². The molecule has 2 heteroatoms. The summed E-state index contributed by atoms with van der Waals surface area (Å²) in [6.07, 6.45) is 11.1. The average Bonchev–Trinajstić information content (AvgIpc) is 2.57. The van der Waals surface area contributed by atoms with E-state index in [4.69, 9.17) is 0 Å². The lowest BCUT2D eigenvalue weighted by atomic mass is 9.88. The molecule has 122 valence electrons. The van der Waals surface area contributed by atoms with E-state index in [-0.39, 0.29) is 0 Å². The van der Waals surface area contributed by atoms with Crippen LogP contribution in [0.15, 0.2) is 30.3 Å². The lowest BCUT2D eigenvalue weighted by Gasteiger charge is -2.41. The van der Waals surface area contributed by atoms with Gasteiger partial charge in [-0.3, -0.25) is 0 Å². The maximum atomic E-state index is 4.00. The zero-order valence-corrected chi connectivity index (χ0v) is 14.1. The van der Waals surface area contributed by atoms with Crippen molar-refractivity contribution in [1.29, 1.82) is 0 Å². The van der Waals surface area contributed by atoms with Crippen molar-refractivity contribution in [3.63, 3.8) is 0 Å². The first kappa shape index (κ1) is 15.9. The summed E-state index contributed by atoms with van der Waals surface area (Å²) in [6, 6.07) is 12.4. The maximum Gasteiger partial charge on any atom is 0.0366 e. The molecule has 1 N–H and O–H groups in total. The van der Waals surface area contributed by atoms with Crippen LogP contribution >= 0.6 is 0 Å². The predicted octanol–water partition coefficient (Wildman–Crippen LogP) is 4.60. The lowest BCUT2D eigenvalue weighted by molar-refractivity contribution is 0.269. The van der Waals surface area contributed by atoms with Crippen molar-refractivity contribution in [3.05, 3.63) is 30.3 Å². The molecule has 1 saturated heterocycles. The number of nitrogens with zero attached hydrogens (tertiary/aromatic N) is 1. The molecule has 2 unspecified atom stereocenters. The molecular formula is C20H32N2. The Labute approximate surface area is 136 Å². The van der Waals surface area contributed by atoms with Crippen LogP contribution in [0.2, 0.25) is 0 Å². The van der Waals surface area contributed by atoms with Crippen molar-refractivity contribution in [2.75, 3.05) is 18.0 Å². The van der Waals surface area contributed by atoms with Crippen molar-refractivity contribution in [1.82, 2.24) is 5.32 Å². The lowest BCUT2D eigenvalue weighted by Crippen LogP contribution is -2.52. The van der Waals surface area contributed by atoms with E-state index in [9.17, 15) is 0 Å². The summed E-state index contributed by atoms with van der Waals surface area (Å²) >= 11 is 0. The number of benzene rings is 1. The molecule has 0 spiro atoms. The molecule has 1 heterocycles. The fraction of sp³-hybridized carbons (Fsp3) is 0.700. The molecule has 2 fully saturated rings. The summed E-state index contributed by atoms with van der Waals surface area (Å²) in [6.45, 7) is 4.74. The van der Waals surface area contributed by atoms with Crippen LogP contribution in [0, 0.1) is 5.92 Å². The highest BCUT2D eigenvalue weighted by molar-refractivity contribution is 5.46. The van der Waals surface area contributed by atoms with Gasteiger partial charge in [-0.25, -0.2) is 0 Å². The van der Waals surface area contributed by atoms with Gasteiger partial charge in [0.2, 0.25) is 0 Å². The Morgan fingerprint density at radius 3 is 2.50 bits per heavy atom. The monoisotopic (exact) mass is 300 g/mol. The van der Waals surface area contributed by atoms with E-state index in [0.717, 1.165) is 12.0 Å². The van der Waals surface area contributed by atoms with Crippen molar-refractivity contribution in [2.24, 2.45) is 5.92 Å².